The fraction of sp³-hybridized carbons (Fsp3) is 0.500. The molecule has 0 amide bonds. The molecule has 0 atom stereocenters. The van der Waals surface area contributed by atoms with Gasteiger partial charge in [0, 0.05) is 70.8 Å². The van der Waals surface area contributed by atoms with Gasteiger partial charge in [-0.2, -0.15) is 0 Å². The van der Waals surface area contributed by atoms with E-state index in [1.165, 1.54) is 0 Å². The fourth-order valence-corrected chi connectivity index (χ4v) is 1.21. The Bertz CT molecular complexity index is 398. The molecule has 2 rings (SSSR count). The molecular formula is C16H16BF4Rh-. The van der Waals surface area contributed by atoms with Crippen molar-refractivity contribution in [2.75, 3.05) is 0 Å². The van der Waals surface area contributed by atoms with E-state index in [-0.39, 0.29) is 19.5 Å². The maximum Gasteiger partial charge on any atom is 0.673 e. The van der Waals surface area contributed by atoms with Gasteiger partial charge < -0.3 is 17.3 Å². The molecule has 0 saturated carbocycles. The van der Waals surface area contributed by atoms with Gasteiger partial charge in [-0.05, 0) is 0 Å². The molecule has 0 aromatic rings. The summed E-state index contributed by atoms with van der Waals surface area (Å²) in [5, 5.41) is 0. The minimum atomic E-state index is -6.00. The predicted octanol–water partition coefficient (Wildman–Crippen LogP) is 4.43. The zero-order chi connectivity index (χ0) is 15.8. The van der Waals surface area contributed by atoms with Crippen LogP contribution >= 0.6 is 0 Å². The Morgan fingerprint density at radius 3 is 0.591 bits per heavy atom. The molecule has 0 heterocycles. The summed E-state index contributed by atoms with van der Waals surface area (Å²) in [4.78, 5) is 0. The first-order valence-corrected chi connectivity index (χ1v) is 6.70. The SMILES string of the molecule is C1#CCCC#CCC1.C1#CCCC#CCC1.F[B-](F)(F)F.[Rh]. The average Bonchev–Trinajstić information content (AvgIpc) is 2.24. The van der Waals surface area contributed by atoms with Crippen LogP contribution in [0.5, 0.6) is 0 Å². The van der Waals surface area contributed by atoms with Crippen molar-refractivity contribution in [1.29, 1.82) is 0 Å². The molecule has 0 aliphatic heterocycles. The Morgan fingerprint density at radius 2 is 0.500 bits per heavy atom. The third kappa shape index (κ3) is 27.1. The first-order valence-electron chi connectivity index (χ1n) is 6.70. The molecule has 0 fully saturated rings. The van der Waals surface area contributed by atoms with Crippen LogP contribution in [0.15, 0.2) is 0 Å². The van der Waals surface area contributed by atoms with Crippen LogP contribution in [-0.4, -0.2) is 7.25 Å². The van der Waals surface area contributed by atoms with Gasteiger partial charge >= 0.3 is 7.25 Å². The van der Waals surface area contributed by atoms with Gasteiger partial charge in [0.15, 0.2) is 0 Å². The van der Waals surface area contributed by atoms with E-state index in [0.29, 0.717) is 0 Å². The van der Waals surface area contributed by atoms with E-state index in [9.17, 15) is 17.3 Å². The number of hydrogen-bond acceptors (Lipinski definition) is 0. The molecule has 22 heavy (non-hydrogen) atoms. The van der Waals surface area contributed by atoms with Crippen LogP contribution < -0.4 is 0 Å². The molecule has 0 aromatic heterocycles. The Balaban J connectivity index is 0. The summed E-state index contributed by atoms with van der Waals surface area (Å²) in [6.45, 7) is 0. The minimum absolute atomic E-state index is 0. The molecule has 0 N–H and O–H groups in total. The molecule has 0 saturated heterocycles. The van der Waals surface area contributed by atoms with Gasteiger partial charge in [-0.1, -0.05) is 0 Å². The Kier molecular flexibility index (Phi) is 16.7. The standard InChI is InChI=1S/2C8H8.BF4.Rh/c2*1-2-4-6-8-7-5-3-1;2-1(3,4)5;/h2*1-2,7-8H2;;/q;;-1;. The molecule has 0 bridgehead atoms. The Morgan fingerprint density at radius 1 is 0.409 bits per heavy atom. The first-order chi connectivity index (χ1) is 10.0. The van der Waals surface area contributed by atoms with Crippen molar-refractivity contribution in [3.05, 3.63) is 0 Å². The zero-order valence-electron chi connectivity index (χ0n) is 12.1. The van der Waals surface area contributed by atoms with Crippen LogP contribution in [0, 0.1) is 47.4 Å². The summed E-state index contributed by atoms with van der Waals surface area (Å²) in [6.07, 6.45) is 7.72. The van der Waals surface area contributed by atoms with E-state index in [1.54, 1.807) is 0 Å². The molecule has 0 aromatic carbocycles. The van der Waals surface area contributed by atoms with Crippen LogP contribution in [-0.2, 0) is 19.5 Å². The molecule has 121 valence electrons. The molecule has 0 nitrogen and oxygen atoms in total. The summed E-state index contributed by atoms with van der Waals surface area (Å²) >= 11 is 0. The van der Waals surface area contributed by atoms with Gasteiger partial charge in [-0.25, -0.2) is 0 Å². The summed E-state index contributed by atoms with van der Waals surface area (Å²) in [6, 6.07) is 0. The van der Waals surface area contributed by atoms with E-state index >= 15 is 0 Å². The number of hydrogen-bond donors (Lipinski definition) is 0. The van der Waals surface area contributed by atoms with Crippen LogP contribution in [0.4, 0.5) is 17.3 Å². The summed E-state index contributed by atoms with van der Waals surface area (Å²) in [7, 11) is -6.00. The van der Waals surface area contributed by atoms with Crippen molar-refractivity contribution in [3.63, 3.8) is 0 Å². The van der Waals surface area contributed by atoms with Gasteiger partial charge in [0.05, 0.1) is 0 Å². The molecule has 0 unspecified atom stereocenters. The quantitative estimate of drug-likeness (QED) is 0.322. The van der Waals surface area contributed by atoms with E-state index < -0.39 is 7.25 Å². The smallest absolute Gasteiger partial charge is 0.418 e. The van der Waals surface area contributed by atoms with Gasteiger partial charge in [0.25, 0.3) is 0 Å². The Hall–Kier alpha value is -1.35. The maximum atomic E-state index is 9.75. The molecule has 2 aliphatic rings. The summed E-state index contributed by atoms with van der Waals surface area (Å²) in [5.41, 5.74) is 0. The largest absolute Gasteiger partial charge is 0.673 e. The van der Waals surface area contributed by atoms with Gasteiger partial charge in [-0.3, -0.25) is 0 Å². The fourth-order valence-electron chi connectivity index (χ4n) is 1.21. The van der Waals surface area contributed by atoms with Gasteiger partial charge in [0.1, 0.15) is 0 Å². The van der Waals surface area contributed by atoms with E-state index in [2.05, 4.69) is 47.4 Å². The van der Waals surface area contributed by atoms with E-state index in [4.69, 9.17) is 0 Å². The second-order valence-electron chi connectivity index (χ2n) is 3.91. The molecule has 0 spiro atoms. The normalized spacial score (nSPS) is 14.4. The molecular weight excluding hydrogens is 382 g/mol. The van der Waals surface area contributed by atoms with Crippen molar-refractivity contribution >= 4 is 7.25 Å². The summed E-state index contributed by atoms with van der Waals surface area (Å²) < 4.78 is 39.0. The minimum Gasteiger partial charge on any atom is -0.418 e. The third-order valence-corrected chi connectivity index (χ3v) is 2.00. The van der Waals surface area contributed by atoms with Crippen LogP contribution in [0.25, 0.3) is 0 Å². The van der Waals surface area contributed by atoms with E-state index in [1.807, 2.05) is 0 Å². The van der Waals surface area contributed by atoms with Gasteiger partial charge in [-0.15, -0.1) is 47.4 Å². The molecule has 1 radical (unpaired) electrons. The van der Waals surface area contributed by atoms with Crippen molar-refractivity contribution < 1.29 is 36.7 Å². The van der Waals surface area contributed by atoms with Crippen molar-refractivity contribution in [1.82, 2.24) is 0 Å². The van der Waals surface area contributed by atoms with Crippen molar-refractivity contribution in [2.24, 2.45) is 0 Å². The third-order valence-electron chi connectivity index (χ3n) is 2.00. The van der Waals surface area contributed by atoms with Gasteiger partial charge in [0.2, 0.25) is 0 Å². The zero-order valence-corrected chi connectivity index (χ0v) is 13.7. The van der Waals surface area contributed by atoms with Crippen molar-refractivity contribution in [3.8, 4) is 47.4 Å². The molecule has 6 heteroatoms. The second-order valence-corrected chi connectivity index (χ2v) is 3.91. The van der Waals surface area contributed by atoms with E-state index in [0.717, 1.165) is 51.4 Å². The average molecular weight is 398 g/mol. The topological polar surface area (TPSA) is 0 Å². The maximum absolute atomic E-state index is 9.75. The van der Waals surface area contributed by atoms with Crippen LogP contribution in [0.3, 0.4) is 0 Å². The van der Waals surface area contributed by atoms with Crippen LogP contribution in [0.1, 0.15) is 51.4 Å². The number of rotatable bonds is 0. The van der Waals surface area contributed by atoms with Crippen molar-refractivity contribution in [2.45, 2.75) is 51.4 Å². The van der Waals surface area contributed by atoms with Crippen LogP contribution in [0.2, 0.25) is 0 Å². The second kappa shape index (κ2) is 16.0. The molecule has 2 aliphatic carbocycles. The Labute approximate surface area is 143 Å². The number of halogens is 4. The monoisotopic (exact) mass is 398 g/mol. The first kappa shape index (κ1) is 22.9. The predicted molar refractivity (Wildman–Crippen MR) is 78.2 cm³/mol. The summed E-state index contributed by atoms with van der Waals surface area (Å²) in [5.74, 6) is 24.3.